The predicted octanol–water partition coefficient (Wildman–Crippen LogP) is 13.0. The molecule has 10 rings (SSSR count). The van der Waals surface area contributed by atoms with Gasteiger partial charge in [-0.25, -0.2) is 0 Å². The summed E-state index contributed by atoms with van der Waals surface area (Å²) in [4.78, 5) is 2.36. The Bertz CT molecular complexity index is 2810. The van der Waals surface area contributed by atoms with Gasteiger partial charge in [0.05, 0.1) is 11.0 Å². The lowest BCUT2D eigenvalue weighted by Gasteiger charge is -2.26. The number of hydrogen-bond donors (Lipinski definition) is 0. The minimum atomic E-state index is 0.883. The second-order valence-corrected chi connectivity index (χ2v) is 12.6. The zero-order chi connectivity index (χ0) is 32.3. The number of nitrogens with zero attached hydrogens (tertiary/aromatic N) is 2. The van der Waals surface area contributed by atoms with Crippen LogP contribution in [-0.2, 0) is 0 Å². The highest BCUT2D eigenvalue weighted by molar-refractivity contribution is 6.16. The summed E-state index contributed by atoms with van der Waals surface area (Å²) in [5.41, 5.74) is 10.9. The maximum Gasteiger partial charge on any atom is 0.143 e. The molecule has 0 aliphatic rings. The molecular weight excluding hydrogens is 597 g/mol. The monoisotopic (exact) mass is 626 g/mol. The van der Waals surface area contributed by atoms with Crippen molar-refractivity contribution >= 4 is 71.6 Å². The van der Waals surface area contributed by atoms with Gasteiger partial charge in [-0.15, -0.1) is 0 Å². The number of anilines is 3. The number of benzene rings is 8. The average molecular weight is 627 g/mol. The molecule has 3 heteroatoms. The second kappa shape index (κ2) is 11.0. The van der Waals surface area contributed by atoms with Crippen LogP contribution in [0, 0.1) is 0 Å². The van der Waals surface area contributed by atoms with Gasteiger partial charge in [0.25, 0.3) is 0 Å². The van der Waals surface area contributed by atoms with E-state index in [9.17, 15) is 0 Å². The minimum Gasteiger partial charge on any atom is -0.455 e. The third-order valence-corrected chi connectivity index (χ3v) is 9.77. The van der Waals surface area contributed by atoms with E-state index >= 15 is 0 Å². The Balaban J connectivity index is 1.21. The number of hydrogen-bond acceptors (Lipinski definition) is 2. The Morgan fingerprint density at radius 2 is 1.00 bits per heavy atom. The van der Waals surface area contributed by atoms with E-state index < -0.39 is 0 Å². The van der Waals surface area contributed by atoms with Gasteiger partial charge in [0.2, 0.25) is 0 Å². The van der Waals surface area contributed by atoms with E-state index in [0.717, 1.165) is 55.6 Å². The molecule has 0 bridgehead atoms. The molecule has 8 aromatic carbocycles. The Labute approximate surface area is 283 Å². The van der Waals surface area contributed by atoms with Crippen molar-refractivity contribution in [1.82, 2.24) is 4.57 Å². The normalized spacial score (nSPS) is 11.7. The molecule has 0 saturated heterocycles. The van der Waals surface area contributed by atoms with Crippen LogP contribution in [0.4, 0.5) is 17.1 Å². The highest BCUT2D eigenvalue weighted by Gasteiger charge is 2.19. The second-order valence-electron chi connectivity index (χ2n) is 12.6. The van der Waals surface area contributed by atoms with Gasteiger partial charge in [-0.2, -0.15) is 0 Å². The maximum atomic E-state index is 6.51. The van der Waals surface area contributed by atoms with E-state index in [1.807, 2.05) is 0 Å². The molecule has 0 radical (unpaired) electrons. The van der Waals surface area contributed by atoms with Crippen LogP contribution in [0.1, 0.15) is 0 Å². The van der Waals surface area contributed by atoms with Gasteiger partial charge >= 0.3 is 0 Å². The van der Waals surface area contributed by atoms with Crippen LogP contribution in [0.2, 0.25) is 0 Å². The molecule has 0 fully saturated rings. The average Bonchev–Trinajstić information content (AvgIpc) is 3.71. The Kier molecular flexibility index (Phi) is 6.18. The zero-order valence-corrected chi connectivity index (χ0v) is 26.6. The third-order valence-electron chi connectivity index (χ3n) is 9.77. The largest absolute Gasteiger partial charge is 0.455 e. The van der Waals surface area contributed by atoms with Crippen molar-refractivity contribution in [2.45, 2.75) is 0 Å². The quantitative estimate of drug-likeness (QED) is 0.190. The summed E-state index contributed by atoms with van der Waals surface area (Å²) in [6.45, 7) is 0. The van der Waals surface area contributed by atoms with Gasteiger partial charge in [-0.3, -0.25) is 0 Å². The lowest BCUT2D eigenvalue weighted by atomic mass is 10.0. The summed E-state index contributed by atoms with van der Waals surface area (Å²) in [7, 11) is 0. The smallest absolute Gasteiger partial charge is 0.143 e. The molecule has 0 unspecified atom stereocenters. The van der Waals surface area contributed by atoms with Crippen LogP contribution in [-0.4, -0.2) is 4.57 Å². The molecular formula is C46H30N2O. The minimum absolute atomic E-state index is 0.883. The SMILES string of the molecule is c1ccc(-c2ccc(N(c3ccc4oc5c6ccccc6ccc5c4c3)c3ccc4c5ccccc5n(-c5ccccc5)c4c3)cc2)cc1. The molecule has 2 aromatic heterocycles. The van der Waals surface area contributed by atoms with Gasteiger partial charge < -0.3 is 13.9 Å². The molecule has 0 amide bonds. The molecule has 0 aliphatic carbocycles. The fourth-order valence-corrected chi connectivity index (χ4v) is 7.47. The first-order chi connectivity index (χ1) is 24.3. The zero-order valence-electron chi connectivity index (χ0n) is 26.6. The van der Waals surface area contributed by atoms with Crippen molar-refractivity contribution in [3.8, 4) is 16.8 Å². The van der Waals surface area contributed by atoms with Crippen molar-refractivity contribution in [2.75, 3.05) is 4.90 Å². The molecule has 230 valence electrons. The van der Waals surface area contributed by atoms with E-state index in [4.69, 9.17) is 4.42 Å². The molecule has 0 spiro atoms. The molecule has 2 heterocycles. The number of fused-ring (bicyclic) bond motifs is 8. The molecule has 49 heavy (non-hydrogen) atoms. The third kappa shape index (κ3) is 4.44. The van der Waals surface area contributed by atoms with Gasteiger partial charge in [0.1, 0.15) is 11.2 Å². The molecule has 0 saturated carbocycles. The first kappa shape index (κ1) is 27.5. The highest BCUT2D eigenvalue weighted by Crippen LogP contribution is 2.42. The number of aromatic nitrogens is 1. The fourth-order valence-electron chi connectivity index (χ4n) is 7.47. The molecule has 0 N–H and O–H groups in total. The van der Waals surface area contributed by atoms with Crippen LogP contribution in [0.3, 0.4) is 0 Å². The van der Waals surface area contributed by atoms with Crippen molar-refractivity contribution in [3.05, 3.63) is 182 Å². The number of para-hydroxylation sites is 2. The van der Waals surface area contributed by atoms with Crippen molar-refractivity contribution < 1.29 is 4.42 Å². The number of rotatable bonds is 5. The summed E-state index contributed by atoms with van der Waals surface area (Å²) in [6.07, 6.45) is 0. The van der Waals surface area contributed by atoms with Crippen LogP contribution in [0.25, 0.3) is 71.3 Å². The summed E-state index contributed by atoms with van der Waals surface area (Å²) < 4.78 is 8.89. The van der Waals surface area contributed by atoms with Gasteiger partial charge in [0.15, 0.2) is 0 Å². The fraction of sp³-hybridized carbons (Fsp3) is 0. The van der Waals surface area contributed by atoms with Gasteiger partial charge in [-0.1, -0.05) is 115 Å². The lowest BCUT2D eigenvalue weighted by molar-refractivity contribution is 0.672. The summed E-state index contributed by atoms with van der Waals surface area (Å²) in [5, 5.41) is 7.00. The first-order valence-corrected chi connectivity index (χ1v) is 16.7. The molecule has 10 aromatic rings. The Morgan fingerprint density at radius 1 is 0.388 bits per heavy atom. The molecule has 3 nitrogen and oxygen atoms in total. The Morgan fingerprint density at radius 3 is 1.84 bits per heavy atom. The number of furan rings is 1. The summed E-state index contributed by atoms with van der Waals surface area (Å²) >= 11 is 0. The van der Waals surface area contributed by atoms with Crippen LogP contribution < -0.4 is 4.90 Å². The van der Waals surface area contributed by atoms with E-state index in [1.54, 1.807) is 0 Å². The first-order valence-electron chi connectivity index (χ1n) is 16.7. The van der Waals surface area contributed by atoms with E-state index in [2.05, 4.69) is 191 Å². The van der Waals surface area contributed by atoms with E-state index in [1.165, 1.54) is 32.8 Å². The van der Waals surface area contributed by atoms with Gasteiger partial charge in [0, 0.05) is 49.7 Å². The maximum absolute atomic E-state index is 6.51. The lowest BCUT2D eigenvalue weighted by Crippen LogP contribution is -2.10. The van der Waals surface area contributed by atoms with Gasteiger partial charge in [-0.05, 0) is 83.2 Å². The molecule has 0 aliphatic heterocycles. The summed E-state index contributed by atoms with van der Waals surface area (Å²) in [5.74, 6) is 0. The summed E-state index contributed by atoms with van der Waals surface area (Å²) in [6, 6.07) is 65.0. The predicted molar refractivity (Wildman–Crippen MR) is 206 cm³/mol. The van der Waals surface area contributed by atoms with Crippen molar-refractivity contribution in [1.29, 1.82) is 0 Å². The Hall–Kier alpha value is -6.58. The van der Waals surface area contributed by atoms with Crippen molar-refractivity contribution in [2.24, 2.45) is 0 Å². The van der Waals surface area contributed by atoms with E-state index in [-0.39, 0.29) is 0 Å². The standard InChI is InChI=1S/C46H30N2O/c1-3-11-31(12-4-1)32-19-22-35(23-20-32)47(36-25-28-45-42(29-36)41-26-21-33-13-7-8-16-38(33)46(41)49-45)37-24-27-40-39-17-9-10-18-43(39)48(44(40)30-37)34-14-5-2-6-15-34/h1-30H. The topological polar surface area (TPSA) is 21.3 Å². The van der Waals surface area contributed by atoms with E-state index in [0.29, 0.717) is 0 Å². The molecule has 0 atom stereocenters. The van der Waals surface area contributed by atoms with Crippen LogP contribution in [0.15, 0.2) is 186 Å². The highest BCUT2D eigenvalue weighted by atomic mass is 16.3. The van der Waals surface area contributed by atoms with Crippen LogP contribution >= 0.6 is 0 Å². The van der Waals surface area contributed by atoms with Crippen LogP contribution in [0.5, 0.6) is 0 Å². The van der Waals surface area contributed by atoms with Crippen molar-refractivity contribution in [3.63, 3.8) is 0 Å².